The molecule has 2 aromatic carbocycles. The minimum atomic E-state index is -0.763. The molecule has 2 N–H and O–H groups in total. The van der Waals surface area contributed by atoms with E-state index in [-0.39, 0.29) is 18.7 Å². The molecule has 0 bridgehead atoms. The Kier molecular flexibility index (Phi) is 6.31. The Hall–Kier alpha value is -3.58. The molecular formula is C22H20FN3O3. The molecule has 6 nitrogen and oxygen atoms in total. The monoisotopic (exact) mass is 393 g/mol. The summed E-state index contributed by atoms with van der Waals surface area (Å²) in [6.45, 7) is 0.166. The van der Waals surface area contributed by atoms with Crippen LogP contribution in [0.1, 0.15) is 21.5 Å². The molecule has 0 fully saturated rings. The number of esters is 1. The predicted molar refractivity (Wildman–Crippen MR) is 109 cm³/mol. The van der Waals surface area contributed by atoms with Gasteiger partial charge in [-0.15, -0.1) is 0 Å². The fourth-order valence-electron chi connectivity index (χ4n) is 2.81. The van der Waals surface area contributed by atoms with Crippen molar-refractivity contribution in [2.75, 3.05) is 7.11 Å². The van der Waals surface area contributed by atoms with Crippen molar-refractivity contribution in [2.45, 2.75) is 13.1 Å². The van der Waals surface area contributed by atoms with Crippen LogP contribution in [0.2, 0.25) is 0 Å². The Morgan fingerprint density at radius 2 is 1.97 bits per heavy atom. The number of ether oxygens (including phenoxy) is 1. The number of rotatable bonds is 6. The maximum atomic E-state index is 13.8. The minimum absolute atomic E-state index is 0.0168. The van der Waals surface area contributed by atoms with E-state index in [0.29, 0.717) is 16.8 Å². The molecule has 148 valence electrons. The fraction of sp³-hybridized carbons (Fsp3) is 0.136. The molecule has 0 spiro atoms. The highest BCUT2D eigenvalue weighted by Crippen LogP contribution is 2.20. The van der Waals surface area contributed by atoms with Gasteiger partial charge in [-0.3, -0.25) is 4.79 Å². The van der Waals surface area contributed by atoms with Crippen LogP contribution in [-0.2, 0) is 17.8 Å². The molecule has 3 aromatic rings. The second-order valence-electron chi connectivity index (χ2n) is 6.25. The first-order valence-corrected chi connectivity index (χ1v) is 8.94. The Balaban J connectivity index is 2.03. The van der Waals surface area contributed by atoms with Crippen molar-refractivity contribution in [3.05, 3.63) is 93.5 Å². The van der Waals surface area contributed by atoms with Gasteiger partial charge in [-0.05, 0) is 29.8 Å². The van der Waals surface area contributed by atoms with Crippen LogP contribution in [0.5, 0.6) is 0 Å². The predicted octanol–water partition coefficient (Wildman–Crippen LogP) is 3.01. The molecule has 0 unspecified atom stereocenters. The SMILES string of the molecule is COC(=O)c1cc(-c2ccc(F)c(CN)c2)nn(C/C=C/c2ccccc2)c1=O. The summed E-state index contributed by atoms with van der Waals surface area (Å²) in [4.78, 5) is 24.7. The van der Waals surface area contributed by atoms with Gasteiger partial charge in [0.1, 0.15) is 11.4 Å². The number of carbonyl (C=O) groups is 1. The zero-order valence-electron chi connectivity index (χ0n) is 15.8. The van der Waals surface area contributed by atoms with Gasteiger partial charge in [0.25, 0.3) is 5.56 Å². The van der Waals surface area contributed by atoms with Gasteiger partial charge in [0.2, 0.25) is 0 Å². The van der Waals surface area contributed by atoms with Gasteiger partial charge >= 0.3 is 5.97 Å². The highest BCUT2D eigenvalue weighted by molar-refractivity contribution is 5.90. The molecule has 1 heterocycles. The molecule has 0 saturated carbocycles. The van der Waals surface area contributed by atoms with Crippen LogP contribution in [-0.4, -0.2) is 22.9 Å². The number of nitrogens with two attached hydrogens (primary N) is 1. The van der Waals surface area contributed by atoms with Crippen molar-refractivity contribution in [3.63, 3.8) is 0 Å². The minimum Gasteiger partial charge on any atom is -0.465 e. The Morgan fingerprint density at radius 1 is 1.21 bits per heavy atom. The Morgan fingerprint density at radius 3 is 2.66 bits per heavy atom. The van der Waals surface area contributed by atoms with Gasteiger partial charge < -0.3 is 10.5 Å². The van der Waals surface area contributed by atoms with Crippen LogP contribution >= 0.6 is 0 Å². The maximum absolute atomic E-state index is 13.8. The Bertz CT molecular complexity index is 1110. The van der Waals surface area contributed by atoms with E-state index in [0.717, 1.165) is 5.56 Å². The van der Waals surface area contributed by atoms with Gasteiger partial charge in [-0.1, -0.05) is 42.5 Å². The average Bonchev–Trinajstić information content (AvgIpc) is 2.75. The third kappa shape index (κ3) is 4.64. The van der Waals surface area contributed by atoms with Crippen molar-refractivity contribution in [1.29, 1.82) is 0 Å². The van der Waals surface area contributed by atoms with E-state index in [1.54, 1.807) is 12.1 Å². The zero-order valence-corrected chi connectivity index (χ0v) is 15.8. The smallest absolute Gasteiger partial charge is 0.343 e. The summed E-state index contributed by atoms with van der Waals surface area (Å²) in [7, 11) is 1.20. The molecule has 0 aliphatic carbocycles. The van der Waals surface area contributed by atoms with Gasteiger partial charge in [0, 0.05) is 17.7 Å². The lowest BCUT2D eigenvalue weighted by Crippen LogP contribution is -2.29. The number of allylic oxidation sites excluding steroid dienone is 1. The second-order valence-corrected chi connectivity index (χ2v) is 6.25. The number of nitrogens with zero attached hydrogens (tertiary/aromatic N) is 2. The van der Waals surface area contributed by atoms with Gasteiger partial charge in [-0.25, -0.2) is 13.9 Å². The number of carbonyl (C=O) groups excluding carboxylic acids is 1. The summed E-state index contributed by atoms with van der Waals surface area (Å²) >= 11 is 0. The summed E-state index contributed by atoms with van der Waals surface area (Å²) in [6.07, 6.45) is 3.62. The van der Waals surface area contributed by atoms with Gasteiger partial charge in [0.05, 0.1) is 19.3 Å². The third-order valence-electron chi connectivity index (χ3n) is 4.33. The summed E-state index contributed by atoms with van der Waals surface area (Å²) in [5, 5.41) is 4.34. The van der Waals surface area contributed by atoms with E-state index in [4.69, 9.17) is 10.5 Å². The van der Waals surface area contributed by atoms with Crippen LogP contribution in [0.4, 0.5) is 4.39 Å². The molecule has 0 amide bonds. The normalized spacial score (nSPS) is 11.0. The van der Waals surface area contributed by atoms with E-state index >= 15 is 0 Å². The van der Waals surface area contributed by atoms with E-state index in [9.17, 15) is 14.0 Å². The number of hydrogen-bond acceptors (Lipinski definition) is 5. The van der Waals surface area contributed by atoms with Crippen LogP contribution in [0.3, 0.4) is 0 Å². The molecule has 3 rings (SSSR count). The number of benzene rings is 2. The molecule has 0 radical (unpaired) electrons. The third-order valence-corrected chi connectivity index (χ3v) is 4.33. The second kappa shape index (κ2) is 9.07. The fourth-order valence-corrected chi connectivity index (χ4v) is 2.81. The number of methoxy groups -OCH3 is 1. The van der Waals surface area contributed by atoms with E-state index in [1.165, 1.54) is 30.0 Å². The van der Waals surface area contributed by atoms with Crippen molar-refractivity contribution >= 4 is 12.0 Å². The molecule has 29 heavy (non-hydrogen) atoms. The van der Waals surface area contributed by atoms with E-state index in [1.807, 2.05) is 36.4 Å². The topological polar surface area (TPSA) is 87.2 Å². The van der Waals surface area contributed by atoms with E-state index < -0.39 is 17.3 Å². The summed E-state index contributed by atoms with van der Waals surface area (Å²) in [6, 6.07) is 15.3. The Labute approximate surface area is 167 Å². The van der Waals surface area contributed by atoms with Crippen LogP contribution in [0.25, 0.3) is 17.3 Å². The summed E-state index contributed by atoms with van der Waals surface area (Å²) < 4.78 is 19.7. The summed E-state index contributed by atoms with van der Waals surface area (Å²) in [5.74, 6) is -1.19. The molecule has 0 aliphatic rings. The van der Waals surface area contributed by atoms with Crippen molar-refractivity contribution < 1.29 is 13.9 Å². The largest absolute Gasteiger partial charge is 0.465 e. The molecule has 0 aliphatic heterocycles. The highest BCUT2D eigenvalue weighted by Gasteiger charge is 2.17. The zero-order chi connectivity index (χ0) is 20.8. The number of aromatic nitrogens is 2. The average molecular weight is 393 g/mol. The quantitative estimate of drug-likeness (QED) is 0.651. The summed E-state index contributed by atoms with van der Waals surface area (Å²) in [5.41, 5.74) is 7.01. The number of halogens is 1. The van der Waals surface area contributed by atoms with Gasteiger partial charge in [-0.2, -0.15) is 5.10 Å². The lowest BCUT2D eigenvalue weighted by atomic mass is 10.1. The molecule has 0 saturated heterocycles. The molecule has 7 heteroatoms. The van der Waals surface area contributed by atoms with Crippen molar-refractivity contribution in [1.82, 2.24) is 9.78 Å². The number of hydrogen-bond donors (Lipinski definition) is 1. The lowest BCUT2D eigenvalue weighted by Gasteiger charge is -2.10. The first-order valence-electron chi connectivity index (χ1n) is 8.94. The van der Waals surface area contributed by atoms with Crippen LogP contribution in [0.15, 0.2) is 65.5 Å². The van der Waals surface area contributed by atoms with Crippen molar-refractivity contribution in [2.24, 2.45) is 5.73 Å². The van der Waals surface area contributed by atoms with Crippen LogP contribution < -0.4 is 11.3 Å². The molecule has 1 aromatic heterocycles. The highest BCUT2D eigenvalue weighted by atomic mass is 19.1. The standard InChI is InChI=1S/C22H20FN3O3/c1-29-22(28)18-13-20(16-9-10-19(23)17(12-16)14-24)25-26(21(18)27)11-5-8-15-6-3-2-4-7-15/h2-10,12-13H,11,14,24H2,1H3/b8-5+. The molecule has 0 atom stereocenters. The van der Waals surface area contributed by atoms with Crippen molar-refractivity contribution in [3.8, 4) is 11.3 Å². The van der Waals surface area contributed by atoms with Gasteiger partial charge in [0.15, 0.2) is 0 Å². The first-order chi connectivity index (χ1) is 14.0. The first kappa shape index (κ1) is 20.2. The lowest BCUT2D eigenvalue weighted by molar-refractivity contribution is 0.0597. The van der Waals surface area contributed by atoms with E-state index in [2.05, 4.69) is 5.10 Å². The maximum Gasteiger partial charge on any atom is 0.343 e. The molecular weight excluding hydrogens is 373 g/mol. The van der Waals surface area contributed by atoms with Crippen LogP contribution in [0, 0.1) is 5.82 Å².